The molecule has 2 heterocycles. The van der Waals surface area contributed by atoms with E-state index in [1.807, 2.05) is 52.3 Å². The Morgan fingerprint density at radius 3 is 2.14 bits per heavy atom. The Labute approximate surface area is 213 Å². The second-order valence-electron chi connectivity index (χ2n) is 9.73. The van der Waals surface area contributed by atoms with Crippen molar-refractivity contribution in [3.63, 3.8) is 0 Å². The second kappa shape index (κ2) is 11.6. The highest BCUT2D eigenvalue weighted by Gasteiger charge is 2.30. The average Bonchev–Trinajstić information content (AvgIpc) is 2.94. The minimum atomic E-state index is -0.195. The van der Waals surface area contributed by atoms with Crippen LogP contribution in [0.2, 0.25) is 0 Å². The lowest BCUT2D eigenvalue weighted by molar-refractivity contribution is -0.137. The van der Waals surface area contributed by atoms with E-state index < -0.39 is 0 Å². The highest BCUT2D eigenvalue weighted by molar-refractivity contribution is 5.79. The summed E-state index contributed by atoms with van der Waals surface area (Å²) >= 11 is 0. The van der Waals surface area contributed by atoms with Gasteiger partial charge in [0.25, 0.3) is 0 Å². The van der Waals surface area contributed by atoms with Crippen molar-refractivity contribution in [3.05, 3.63) is 95.8 Å². The molecule has 0 radical (unpaired) electrons. The summed E-state index contributed by atoms with van der Waals surface area (Å²) in [6, 6.07) is 25.4. The van der Waals surface area contributed by atoms with Crippen LogP contribution >= 0.6 is 0 Å². The molecule has 0 N–H and O–H groups in total. The topological polar surface area (TPSA) is 36.0 Å². The summed E-state index contributed by atoms with van der Waals surface area (Å²) in [4.78, 5) is 19.6. The first kappa shape index (κ1) is 24.3. The zero-order valence-electron chi connectivity index (χ0n) is 20.7. The monoisotopic (exact) mass is 487 g/mol. The number of hydrogen-bond donors (Lipinski definition) is 0. The molecule has 0 aromatic heterocycles. The summed E-state index contributed by atoms with van der Waals surface area (Å²) in [5.41, 5.74) is 3.05. The van der Waals surface area contributed by atoms with Crippen LogP contribution in [0.25, 0.3) is 0 Å². The van der Waals surface area contributed by atoms with Crippen molar-refractivity contribution in [2.75, 3.05) is 44.2 Å². The van der Waals surface area contributed by atoms with Gasteiger partial charge in [0.05, 0.1) is 5.69 Å². The molecule has 188 valence electrons. The van der Waals surface area contributed by atoms with Gasteiger partial charge in [-0.15, -0.1) is 0 Å². The van der Waals surface area contributed by atoms with Gasteiger partial charge in [-0.3, -0.25) is 9.69 Å². The van der Waals surface area contributed by atoms with Gasteiger partial charge in [-0.1, -0.05) is 54.6 Å². The van der Waals surface area contributed by atoms with Crippen LogP contribution in [-0.2, 0) is 17.9 Å². The second-order valence-corrected chi connectivity index (χ2v) is 9.73. The number of amides is 1. The van der Waals surface area contributed by atoms with Gasteiger partial charge in [0.2, 0.25) is 5.91 Å². The molecule has 2 aliphatic heterocycles. The number of benzene rings is 3. The maximum Gasteiger partial charge on any atom is 0.225 e. The average molecular weight is 488 g/mol. The Morgan fingerprint density at radius 2 is 1.44 bits per heavy atom. The van der Waals surface area contributed by atoms with E-state index in [0.717, 1.165) is 43.8 Å². The summed E-state index contributed by atoms with van der Waals surface area (Å²) in [5, 5.41) is 0. The Morgan fingerprint density at radius 1 is 0.778 bits per heavy atom. The van der Waals surface area contributed by atoms with Gasteiger partial charge in [-0.05, 0) is 61.3 Å². The van der Waals surface area contributed by atoms with Crippen molar-refractivity contribution < 1.29 is 13.9 Å². The highest BCUT2D eigenvalue weighted by atomic mass is 19.1. The fraction of sp³-hybridized carbons (Fsp3) is 0.367. The number of carbonyl (C=O) groups is 1. The van der Waals surface area contributed by atoms with E-state index >= 15 is 0 Å². The molecular formula is C30H34FN3O2. The molecule has 5 nitrogen and oxygen atoms in total. The number of piperazine rings is 1. The number of nitrogens with zero attached hydrogens (tertiary/aromatic N) is 3. The molecule has 2 saturated heterocycles. The minimum Gasteiger partial charge on any atom is -0.489 e. The highest BCUT2D eigenvalue weighted by Crippen LogP contribution is 2.25. The normalized spacial score (nSPS) is 17.2. The minimum absolute atomic E-state index is 0.0926. The number of ether oxygens (including phenoxy) is 1. The molecule has 5 rings (SSSR count). The van der Waals surface area contributed by atoms with Gasteiger partial charge in [-0.25, -0.2) is 4.39 Å². The largest absolute Gasteiger partial charge is 0.489 e. The number of hydrogen-bond acceptors (Lipinski definition) is 4. The van der Waals surface area contributed by atoms with Crippen molar-refractivity contribution in [3.8, 4) is 5.75 Å². The lowest BCUT2D eigenvalue weighted by Crippen LogP contribution is -2.51. The predicted octanol–water partition coefficient (Wildman–Crippen LogP) is 4.97. The SMILES string of the molecule is O=C(C1CCN(Cc2ccc(OCc3ccccc3)cc2)CC1)N1CCN(c2ccccc2F)CC1. The third-order valence-electron chi connectivity index (χ3n) is 7.30. The molecule has 0 unspecified atom stereocenters. The van der Waals surface area contributed by atoms with Crippen molar-refractivity contribution in [2.45, 2.75) is 26.0 Å². The number of likely N-dealkylation sites (tertiary alicyclic amines) is 1. The van der Waals surface area contributed by atoms with E-state index in [-0.39, 0.29) is 17.6 Å². The first-order chi connectivity index (χ1) is 17.7. The van der Waals surface area contributed by atoms with E-state index in [1.165, 1.54) is 11.6 Å². The van der Waals surface area contributed by atoms with E-state index in [2.05, 4.69) is 29.2 Å². The molecule has 36 heavy (non-hydrogen) atoms. The molecule has 0 atom stereocenters. The standard InChI is InChI=1S/C30H34FN3O2/c31-28-8-4-5-9-29(28)33-18-20-34(21-19-33)30(35)26-14-16-32(17-15-26)22-24-10-12-27(13-11-24)36-23-25-6-2-1-3-7-25/h1-13,26H,14-23H2. The van der Waals surface area contributed by atoms with E-state index in [1.54, 1.807) is 6.07 Å². The molecular weight excluding hydrogens is 453 g/mol. The summed E-state index contributed by atoms with van der Waals surface area (Å²) < 4.78 is 20.0. The maximum atomic E-state index is 14.1. The summed E-state index contributed by atoms with van der Waals surface area (Å²) in [7, 11) is 0. The molecule has 0 saturated carbocycles. The first-order valence-corrected chi connectivity index (χ1v) is 12.9. The van der Waals surface area contributed by atoms with Crippen molar-refractivity contribution >= 4 is 11.6 Å². The van der Waals surface area contributed by atoms with Crippen LogP contribution in [0, 0.1) is 11.7 Å². The number of anilines is 1. The van der Waals surface area contributed by atoms with Crippen LogP contribution in [0.5, 0.6) is 5.75 Å². The van der Waals surface area contributed by atoms with Crippen LogP contribution in [0.4, 0.5) is 10.1 Å². The Balaban J connectivity index is 1.05. The number of halogens is 1. The number of rotatable bonds is 7. The summed E-state index contributed by atoms with van der Waals surface area (Å²) in [5.74, 6) is 1.04. The molecule has 0 bridgehead atoms. The van der Waals surface area contributed by atoms with E-state index in [9.17, 15) is 9.18 Å². The first-order valence-electron chi connectivity index (χ1n) is 12.9. The third-order valence-corrected chi connectivity index (χ3v) is 7.30. The maximum absolute atomic E-state index is 14.1. The van der Waals surface area contributed by atoms with Gasteiger partial charge in [0.1, 0.15) is 18.2 Å². The van der Waals surface area contributed by atoms with Crippen LogP contribution in [0.3, 0.4) is 0 Å². The zero-order valence-corrected chi connectivity index (χ0v) is 20.7. The quantitative estimate of drug-likeness (QED) is 0.472. The van der Waals surface area contributed by atoms with Gasteiger partial charge in [0, 0.05) is 38.6 Å². The predicted molar refractivity (Wildman–Crippen MR) is 140 cm³/mol. The van der Waals surface area contributed by atoms with E-state index in [4.69, 9.17) is 4.74 Å². The van der Waals surface area contributed by atoms with Gasteiger partial charge < -0.3 is 14.5 Å². The molecule has 3 aromatic rings. The fourth-order valence-electron chi connectivity index (χ4n) is 5.16. The summed E-state index contributed by atoms with van der Waals surface area (Å²) in [6.45, 7) is 5.99. The molecule has 1 amide bonds. The lowest BCUT2D eigenvalue weighted by Gasteiger charge is -2.39. The Hall–Kier alpha value is -3.38. The number of para-hydroxylation sites is 1. The lowest BCUT2D eigenvalue weighted by atomic mass is 9.94. The molecule has 3 aromatic carbocycles. The molecule has 2 fully saturated rings. The number of piperidine rings is 1. The van der Waals surface area contributed by atoms with Crippen molar-refractivity contribution in [2.24, 2.45) is 5.92 Å². The van der Waals surface area contributed by atoms with Crippen LogP contribution in [0.1, 0.15) is 24.0 Å². The van der Waals surface area contributed by atoms with Gasteiger partial charge in [0.15, 0.2) is 0 Å². The van der Waals surface area contributed by atoms with Crippen molar-refractivity contribution in [1.82, 2.24) is 9.80 Å². The van der Waals surface area contributed by atoms with Crippen molar-refractivity contribution in [1.29, 1.82) is 0 Å². The van der Waals surface area contributed by atoms with E-state index in [0.29, 0.717) is 38.5 Å². The van der Waals surface area contributed by atoms with Gasteiger partial charge in [-0.2, -0.15) is 0 Å². The van der Waals surface area contributed by atoms with Crippen LogP contribution in [0.15, 0.2) is 78.9 Å². The van der Waals surface area contributed by atoms with Gasteiger partial charge >= 0.3 is 0 Å². The van der Waals surface area contributed by atoms with Crippen LogP contribution in [-0.4, -0.2) is 55.0 Å². The third kappa shape index (κ3) is 6.05. The molecule has 0 aliphatic carbocycles. The molecule has 0 spiro atoms. The summed E-state index contributed by atoms with van der Waals surface area (Å²) in [6.07, 6.45) is 1.79. The zero-order chi connectivity index (χ0) is 24.7. The van der Waals surface area contributed by atoms with Crippen LogP contribution < -0.4 is 9.64 Å². The Bertz CT molecular complexity index is 1120. The number of carbonyl (C=O) groups excluding carboxylic acids is 1. The smallest absolute Gasteiger partial charge is 0.225 e. The molecule has 6 heteroatoms. The fourth-order valence-corrected chi connectivity index (χ4v) is 5.16. The Kier molecular flexibility index (Phi) is 7.82. The molecule has 2 aliphatic rings.